The molecular formula is C18H13BrN6O2S2. The highest BCUT2D eigenvalue weighted by Crippen LogP contribution is 2.26. The summed E-state index contributed by atoms with van der Waals surface area (Å²) in [5.41, 5.74) is 2.16. The van der Waals surface area contributed by atoms with Gasteiger partial charge in [-0.3, -0.25) is 10.1 Å². The summed E-state index contributed by atoms with van der Waals surface area (Å²) in [6.07, 6.45) is 1.56. The molecule has 2 aromatic carbocycles. The second-order valence-electron chi connectivity index (χ2n) is 5.80. The minimum atomic E-state index is -0.317. The molecule has 11 heteroatoms. The number of carbonyl (C=O) groups excluding carboxylic acids is 1. The number of hydrogen-bond acceptors (Lipinski definition) is 7. The fourth-order valence-electron chi connectivity index (χ4n) is 2.52. The highest BCUT2D eigenvalue weighted by atomic mass is 79.9. The first-order valence-corrected chi connectivity index (χ1v) is 10.3. The van der Waals surface area contributed by atoms with Crippen LogP contribution in [0.25, 0.3) is 15.5 Å². The molecule has 1 amide bonds. The summed E-state index contributed by atoms with van der Waals surface area (Å²) in [5.74, 6) is 0.328. The van der Waals surface area contributed by atoms with Gasteiger partial charge in [-0.2, -0.15) is 9.61 Å². The van der Waals surface area contributed by atoms with Crippen LogP contribution < -0.4 is 15.4 Å². The Hall–Kier alpha value is -2.89. The van der Waals surface area contributed by atoms with E-state index in [1.54, 1.807) is 36.2 Å². The number of rotatable bonds is 4. The molecule has 4 rings (SSSR count). The van der Waals surface area contributed by atoms with Crippen LogP contribution in [0.3, 0.4) is 0 Å². The predicted molar refractivity (Wildman–Crippen MR) is 118 cm³/mol. The van der Waals surface area contributed by atoms with Crippen LogP contribution in [0.15, 0.2) is 53.3 Å². The average Bonchev–Trinajstić information content (AvgIpc) is 3.30. The standard InChI is InChI=1S/C18H13BrN6O2S2/c1-27-14-7-4-11(8-13(14)19)15(26)22-17(28)21-12-5-2-10(3-6-12)16-24-25-9-20-23-18(25)29-16/h2-9H,1H3,(H2,21,22,26,28). The van der Waals surface area contributed by atoms with Crippen molar-refractivity contribution in [2.45, 2.75) is 0 Å². The Morgan fingerprint density at radius 3 is 2.72 bits per heavy atom. The summed E-state index contributed by atoms with van der Waals surface area (Å²) in [7, 11) is 1.56. The minimum absolute atomic E-state index is 0.202. The molecule has 29 heavy (non-hydrogen) atoms. The van der Waals surface area contributed by atoms with Crippen molar-refractivity contribution < 1.29 is 9.53 Å². The third-order valence-electron chi connectivity index (χ3n) is 3.92. The van der Waals surface area contributed by atoms with Gasteiger partial charge in [0, 0.05) is 16.8 Å². The quantitative estimate of drug-likeness (QED) is 0.422. The molecule has 0 aliphatic heterocycles. The SMILES string of the molecule is COc1ccc(C(=O)NC(=S)Nc2ccc(-c3nn4cnnc4s3)cc2)cc1Br. The number of nitrogens with one attached hydrogen (secondary N) is 2. The number of methoxy groups -OCH3 is 1. The molecule has 0 aliphatic carbocycles. The highest BCUT2D eigenvalue weighted by Gasteiger charge is 2.11. The largest absolute Gasteiger partial charge is 0.496 e. The molecule has 8 nitrogen and oxygen atoms in total. The summed E-state index contributed by atoms with van der Waals surface area (Å²) in [6, 6.07) is 12.6. The second kappa shape index (κ2) is 8.23. The van der Waals surface area contributed by atoms with E-state index in [-0.39, 0.29) is 11.0 Å². The number of fused-ring (bicyclic) bond motifs is 1. The van der Waals surface area contributed by atoms with Gasteiger partial charge in [-0.15, -0.1) is 10.2 Å². The first-order valence-electron chi connectivity index (χ1n) is 8.26. The van der Waals surface area contributed by atoms with Gasteiger partial charge in [-0.1, -0.05) is 11.3 Å². The van der Waals surface area contributed by atoms with Crippen molar-refractivity contribution in [3.05, 3.63) is 58.8 Å². The summed E-state index contributed by atoms with van der Waals surface area (Å²) >= 11 is 10.1. The van der Waals surface area contributed by atoms with Crippen molar-refractivity contribution in [3.8, 4) is 16.3 Å². The maximum absolute atomic E-state index is 12.4. The van der Waals surface area contributed by atoms with Gasteiger partial charge >= 0.3 is 0 Å². The molecule has 0 spiro atoms. The van der Waals surface area contributed by atoms with E-state index in [1.807, 2.05) is 24.3 Å². The van der Waals surface area contributed by atoms with E-state index in [0.717, 1.165) is 21.2 Å². The fourth-order valence-corrected chi connectivity index (χ4v) is 4.09. The van der Waals surface area contributed by atoms with Gasteiger partial charge in [0.05, 0.1) is 11.6 Å². The van der Waals surface area contributed by atoms with Crippen molar-refractivity contribution in [2.24, 2.45) is 0 Å². The van der Waals surface area contributed by atoms with E-state index in [4.69, 9.17) is 17.0 Å². The third kappa shape index (κ3) is 4.26. The topological polar surface area (TPSA) is 93.4 Å². The molecule has 2 N–H and O–H groups in total. The molecular weight excluding hydrogens is 476 g/mol. The number of thiocarbonyl (C=S) groups is 1. The molecule has 0 fully saturated rings. The molecule has 146 valence electrons. The maximum Gasteiger partial charge on any atom is 0.257 e. The van der Waals surface area contributed by atoms with Crippen molar-refractivity contribution in [1.82, 2.24) is 25.1 Å². The van der Waals surface area contributed by atoms with Gasteiger partial charge in [0.2, 0.25) is 4.96 Å². The van der Waals surface area contributed by atoms with Crippen molar-refractivity contribution in [1.29, 1.82) is 0 Å². The summed E-state index contributed by atoms with van der Waals surface area (Å²) in [5, 5.41) is 18.9. The lowest BCUT2D eigenvalue weighted by Gasteiger charge is -2.11. The predicted octanol–water partition coefficient (Wildman–Crippen LogP) is 3.75. The Bertz CT molecular complexity index is 1180. The number of aromatic nitrogens is 4. The molecule has 0 saturated heterocycles. The van der Waals surface area contributed by atoms with Crippen LogP contribution in [0.2, 0.25) is 0 Å². The molecule has 0 atom stereocenters. The van der Waals surface area contributed by atoms with Crippen molar-refractivity contribution in [2.75, 3.05) is 12.4 Å². The Balaban J connectivity index is 1.39. The maximum atomic E-state index is 12.4. The first-order chi connectivity index (χ1) is 14.0. The van der Waals surface area contributed by atoms with Gasteiger partial charge in [0.1, 0.15) is 17.1 Å². The fraction of sp³-hybridized carbons (Fsp3) is 0.0556. The van der Waals surface area contributed by atoms with Gasteiger partial charge < -0.3 is 10.1 Å². The van der Waals surface area contributed by atoms with E-state index in [0.29, 0.717) is 15.8 Å². The monoisotopic (exact) mass is 488 g/mol. The average molecular weight is 489 g/mol. The van der Waals surface area contributed by atoms with Crippen LogP contribution in [0.5, 0.6) is 5.75 Å². The smallest absolute Gasteiger partial charge is 0.257 e. The summed E-state index contributed by atoms with van der Waals surface area (Å²) in [4.78, 5) is 13.1. The zero-order valence-electron chi connectivity index (χ0n) is 14.9. The zero-order chi connectivity index (χ0) is 20.4. The Morgan fingerprint density at radius 2 is 2.03 bits per heavy atom. The number of anilines is 1. The number of halogens is 1. The third-order valence-corrected chi connectivity index (χ3v) is 5.70. The first kappa shape index (κ1) is 19.4. The van der Waals surface area contributed by atoms with E-state index in [2.05, 4.69) is 41.9 Å². The summed E-state index contributed by atoms with van der Waals surface area (Å²) < 4.78 is 7.49. The normalized spacial score (nSPS) is 10.7. The van der Waals surface area contributed by atoms with Gasteiger partial charge in [-0.25, -0.2) is 0 Å². The van der Waals surface area contributed by atoms with Crippen LogP contribution in [0, 0.1) is 0 Å². The number of nitrogens with zero attached hydrogens (tertiary/aromatic N) is 4. The van der Waals surface area contributed by atoms with E-state index in [1.165, 1.54) is 11.3 Å². The van der Waals surface area contributed by atoms with Crippen LogP contribution in [-0.4, -0.2) is 37.9 Å². The van der Waals surface area contributed by atoms with Crippen LogP contribution in [0.1, 0.15) is 10.4 Å². The van der Waals surface area contributed by atoms with Crippen LogP contribution in [0.4, 0.5) is 5.69 Å². The number of carbonyl (C=O) groups is 1. The van der Waals surface area contributed by atoms with E-state index in [9.17, 15) is 4.79 Å². The number of amides is 1. The number of ether oxygens (including phenoxy) is 1. The molecule has 0 saturated carbocycles. The molecule has 2 heterocycles. The molecule has 0 unspecified atom stereocenters. The summed E-state index contributed by atoms with van der Waals surface area (Å²) in [6.45, 7) is 0. The zero-order valence-corrected chi connectivity index (χ0v) is 18.1. The van der Waals surface area contributed by atoms with Crippen LogP contribution >= 0.6 is 39.5 Å². The number of benzene rings is 2. The van der Waals surface area contributed by atoms with E-state index >= 15 is 0 Å². The van der Waals surface area contributed by atoms with Crippen molar-refractivity contribution >= 4 is 61.2 Å². The van der Waals surface area contributed by atoms with Gasteiger partial charge in [0.25, 0.3) is 5.91 Å². The lowest BCUT2D eigenvalue weighted by atomic mass is 10.2. The molecule has 2 aromatic heterocycles. The Labute approximate surface area is 183 Å². The molecule has 4 aromatic rings. The van der Waals surface area contributed by atoms with Gasteiger partial charge in [0.15, 0.2) is 5.11 Å². The molecule has 0 radical (unpaired) electrons. The number of hydrogen-bond donors (Lipinski definition) is 2. The van der Waals surface area contributed by atoms with Crippen molar-refractivity contribution in [3.63, 3.8) is 0 Å². The Morgan fingerprint density at radius 1 is 1.24 bits per heavy atom. The van der Waals surface area contributed by atoms with Crippen LogP contribution in [-0.2, 0) is 0 Å². The lowest BCUT2D eigenvalue weighted by molar-refractivity contribution is 0.0977. The minimum Gasteiger partial charge on any atom is -0.496 e. The molecule has 0 bridgehead atoms. The van der Waals surface area contributed by atoms with Gasteiger partial charge in [-0.05, 0) is 70.6 Å². The van der Waals surface area contributed by atoms with E-state index < -0.39 is 0 Å². The molecule has 0 aliphatic rings. The second-order valence-corrected chi connectivity index (χ2v) is 8.02. The lowest BCUT2D eigenvalue weighted by Crippen LogP contribution is -2.34. The Kier molecular flexibility index (Phi) is 5.51. The highest BCUT2D eigenvalue weighted by molar-refractivity contribution is 9.10.